The molecule has 2 N–H and O–H groups in total. The van der Waals surface area contributed by atoms with Gasteiger partial charge in [0, 0.05) is 24.9 Å². The predicted molar refractivity (Wildman–Crippen MR) is 126 cm³/mol. The minimum atomic E-state index is -1.63. The molecule has 168 valence electrons. The molecule has 3 aromatic rings. The third-order valence-corrected chi connectivity index (χ3v) is 5.55. The van der Waals surface area contributed by atoms with Gasteiger partial charge in [0.15, 0.2) is 11.5 Å². The monoisotopic (exact) mass is 467 g/mol. The SMILES string of the molecule is C=CC(=O)Nc1cc2c(Nc3cccc(Cl)c3F)ncnc2cc1C#C[C@]1(F)CCN(C)C1. The molecular weight excluding hydrogens is 448 g/mol. The second kappa shape index (κ2) is 9.14. The first kappa shape index (κ1) is 22.6. The van der Waals surface area contributed by atoms with Crippen LogP contribution in [0.2, 0.25) is 5.02 Å². The van der Waals surface area contributed by atoms with Gasteiger partial charge in [0.05, 0.1) is 27.5 Å². The molecule has 1 amide bonds. The number of carbonyl (C=O) groups is 1. The van der Waals surface area contributed by atoms with Crippen LogP contribution >= 0.6 is 11.6 Å². The Morgan fingerprint density at radius 3 is 2.88 bits per heavy atom. The van der Waals surface area contributed by atoms with Crippen molar-refractivity contribution in [3.8, 4) is 11.8 Å². The van der Waals surface area contributed by atoms with E-state index < -0.39 is 17.4 Å². The summed E-state index contributed by atoms with van der Waals surface area (Å²) < 4.78 is 29.4. The lowest BCUT2D eigenvalue weighted by Gasteiger charge is -2.13. The first-order valence-electron chi connectivity index (χ1n) is 10.1. The number of hydrogen-bond acceptors (Lipinski definition) is 5. The van der Waals surface area contributed by atoms with Crippen molar-refractivity contribution >= 4 is 45.6 Å². The Bertz CT molecular complexity index is 1320. The fraction of sp³-hybridized carbons (Fsp3) is 0.208. The number of nitrogens with one attached hydrogen (secondary N) is 2. The maximum atomic E-state index is 15.0. The Morgan fingerprint density at radius 2 is 2.15 bits per heavy atom. The van der Waals surface area contributed by atoms with E-state index in [1.165, 1.54) is 18.5 Å². The number of nitrogens with zero attached hydrogens (tertiary/aromatic N) is 3. The van der Waals surface area contributed by atoms with Crippen LogP contribution in [0, 0.1) is 17.7 Å². The largest absolute Gasteiger partial charge is 0.337 e. The minimum Gasteiger partial charge on any atom is -0.337 e. The van der Waals surface area contributed by atoms with Crippen LogP contribution in [0.1, 0.15) is 12.0 Å². The number of rotatable bonds is 4. The molecular formula is C24H20ClF2N5O. The first-order chi connectivity index (χ1) is 15.8. The summed E-state index contributed by atoms with van der Waals surface area (Å²) in [4.78, 5) is 22.4. The van der Waals surface area contributed by atoms with Crippen LogP contribution in [0.4, 0.5) is 26.0 Å². The number of amides is 1. The van der Waals surface area contributed by atoms with E-state index in [-0.39, 0.29) is 17.3 Å². The van der Waals surface area contributed by atoms with Gasteiger partial charge in [-0.25, -0.2) is 18.7 Å². The number of aromatic nitrogens is 2. The van der Waals surface area contributed by atoms with Gasteiger partial charge in [-0.1, -0.05) is 36.1 Å². The molecule has 1 aliphatic heterocycles. The first-order valence-corrected chi connectivity index (χ1v) is 10.5. The molecule has 2 heterocycles. The third kappa shape index (κ3) is 4.95. The van der Waals surface area contributed by atoms with Crippen molar-refractivity contribution in [2.75, 3.05) is 30.8 Å². The van der Waals surface area contributed by atoms with Gasteiger partial charge in [0.2, 0.25) is 5.91 Å². The summed E-state index contributed by atoms with van der Waals surface area (Å²) in [5.41, 5.74) is -0.298. The average Bonchev–Trinajstić information content (AvgIpc) is 3.14. The molecule has 1 saturated heterocycles. The molecule has 0 saturated carbocycles. The molecule has 2 aromatic carbocycles. The Morgan fingerprint density at radius 1 is 1.33 bits per heavy atom. The molecule has 1 fully saturated rings. The molecule has 1 aromatic heterocycles. The number of carbonyl (C=O) groups excluding carboxylic acids is 1. The highest BCUT2D eigenvalue weighted by Crippen LogP contribution is 2.31. The van der Waals surface area contributed by atoms with E-state index >= 15 is 0 Å². The molecule has 6 nitrogen and oxygen atoms in total. The predicted octanol–water partition coefficient (Wildman–Crippen LogP) is 4.69. The van der Waals surface area contributed by atoms with Gasteiger partial charge >= 0.3 is 0 Å². The quantitative estimate of drug-likeness (QED) is 0.430. The van der Waals surface area contributed by atoms with E-state index in [1.807, 2.05) is 11.9 Å². The van der Waals surface area contributed by atoms with Crippen LogP contribution in [-0.2, 0) is 4.79 Å². The normalized spacial score (nSPS) is 17.9. The number of hydrogen-bond donors (Lipinski definition) is 2. The van der Waals surface area contributed by atoms with Crippen molar-refractivity contribution in [1.82, 2.24) is 14.9 Å². The summed E-state index contributed by atoms with van der Waals surface area (Å²) in [5.74, 6) is 4.80. The van der Waals surface area contributed by atoms with Crippen LogP contribution in [-0.4, -0.2) is 46.6 Å². The lowest BCUT2D eigenvalue weighted by molar-refractivity contribution is -0.111. The Labute approximate surface area is 194 Å². The van der Waals surface area contributed by atoms with Gasteiger partial charge in [-0.3, -0.25) is 4.79 Å². The van der Waals surface area contributed by atoms with Gasteiger partial charge in [-0.15, -0.1) is 0 Å². The van der Waals surface area contributed by atoms with E-state index in [0.29, 0.717) is 40.9 Å². The van der Waals surface area contributed by atoms with Gasteiger partial charge in [-0.05, 0) is 37.4 Å². The molecule has 0 spiro atoms. The van der Waals surface area contributed by atoms with E-state index in [9.17, 15) is 13.6 Å². The highest BCUT2D eigenvalue weighted by Gasteiger charge is 2.34. The molecule has 9 heteroatoms. The summed E-state index contributed by atoms with van der Waals surface area (Å²) in [7, 11) is 1.84. The topological polar surface area (TPSA) is 70.1 Å². The summed E-state index contributed by atoms with van der Waals surface area (Å²) in [6, 6.07) is 7.80. The highest BCUT2D eigenvalue weighted by atomic mass is 35.5. The Hall–Kier alpha value is -3.54. The molecule has 0 aliphatic carbocycles. The number of halogens is 3. The molecule has 1 aliphatic rings. The van der Waals surface area contributed by atoms with Crippen LogP contribution in [0.3, 0.4) is 0 Å². The van der Waals surface area contributed by atoms with E-state index in [2.05, 4.69) is 39.0 Å². The summed E-state index contributed by atoms with van der Waals surface area (Å²) in [5, 5.41) is 6.07. The van der Waals surface area contributed by atoms with Crippen molar-refractivity contribution < 1.29 is 13.6 Å². The maximum absolute atomic E-state index is 15.0. The molecule has 33 heavy (non-hydrogen) atoms. The molecule has 4 rings (SSSR count). The van der Waals surface area contributed by atoms with Crippen molar-refractivity contribution in [3.63, 3.8) is 0 Å². The van der Waals surface area contributed by atoms with Gasteiger partial charge in [0.25, 0.3) is 0 Å². The fourth-order valence-electron chi connectivity index (χ4n) is 3.56. The number of benzene rings is 2. The second-order valence-corrected chi connectivity index (χ2v) is 8.17. The van der Waals surface area contributed by atoms with Gasteiger partial charge in [0.1, 0.15) is 12.1 Å². The lowest BCUT2D eigenvalue weighted by Crippen LogP contribution is -2.25. The zero-order valence-corrected chi connectivity index (χ0v) is 18.5. The maximum Gasteiger partial charge on any atom is 0.247 e. The zero-order chi connectivity index (χ0) is 23.6. The van der Waals surface area contributed by atoms with Crippen molar-refractivity contribution in [2.24, 2.45) is 0 Å². The summed E-state index contributed by atoms with van der Waals surface area (Å²) >= 11 is 5.87. The zero-order valence-electron chi connectivity index (χ0n) is 17.8. The van der Waals surface area contributed by atoms with Crippen molar-refractivity contribution in [1.29, 1.82) is 0 Å². The average molecular weight is 468 g/mol. The molecule has 0 unspecified atom stereocenters. The number of alkyl halides is 1. The van der Waals surface area contributed by atoms with Crippen LogP contribution in [0.25, 0.3) is 10.9 Å². The number of anilines is 3. The lowest BCUT2D eigenvalue weighted by atomic mass is 10.0. The summed E-state index contributed by atoms with van der Waals surface area (Å²) in [6.07, 6.45) is 2.74. The van der Waals surface area contributed by atoms with E-state index in [0.717, 1.165) is 6.08 Å². The Kier molecular flexibility index (Phi) is 6.27. The second-order valence-electron chi connectivity index (χ2n) is 7.76. The smallest absolute Gasteiger partial charge is 0.247 e. The number of likely N-dealkylation sites (tertiary alicyclic amines) is 1. The standard InChI is InChI=1S/C24H20ClF2N5O/c1-3-21(33)30-19-12-16-20(11-15(19)7-8-24(27)9-10-32(2)13-24)28-14-29-23(16)31-18-6-4-5-17(25)22(18)26/h3-6,11-12,14H,1,9-10,13H2,2H3,(H,30,33)(H,28,29,31)/t24-/m0/s1. The van der Waals surface area contributed by atoms with Crippen LogP contribution in [0.15, 0.2) is 49.3 Å². The minimum absolute atomic E-state index is 0.0347. The van der Waals surface area contributed by atoms with E-state index in [1.54, 1.807) is 18.2 Å². The third-order valence-electron chi connectivity index (χ3n) is 5.25. The number of fused-ring (bicyclic) bond motifs is 1. The fourth-order valence-corrected chi connectivity index (χ4v) is 3.73. The van der Waals surface area contributed by atoms with Gasteiger partial charge < -0.3 is 15.5 Å². The molecule has 0 bridgehead atoms. The van der Waals surface area contributed by atoms with Gasteiger partial charge in [-0.2, -0.15) is 0 Å². The van der Waals surface area contributed by atoms with E-state index in [4.69, 9.17) is 11.6 Å². The molecule has 1 atom stereocenters. The summed E-state index contributed by atoms with van der Waals surface area (Å²) in [6.45, 7) is 4.29. The van der Waals surface area contributed by atoms with Crippen molar-refractivity contribution in [2.45, 2.75) is 12.1 Å². The van der Waals surface area contributed by atoms with Crippen LogP contribution < -0.4 is 10.6 Å². The Balaban J connectivity index is 1.79. The van der Waals surface area contributed by atoms with Crippen molar-refractivity contribution in [3.05, 3.63) is 65.7 Å². The highest BCUT2D eigenvalue weighted by molar-refractivity contribution is 6.31. The van der Waals surface area contributed by atoms with Crippen LogP contribution in [0.5, 0.6) is 0 Å². The molecule has 0 radical (unpaired) electrons.